The van der Waals surface area contributed by atoms with Crippen molar-refractivity contribution in [3.05, 3.63) is 30.1 Å². The first-order valence-corrected chi connectivity index (χ1v) is 10.3. The van der Waals surface area contributed by atoms with Crippen molar-refractivity contribution in [2.24, 2.45) is 5.73 Å². The van der Waals surface area contributed by atoms with Gasteiger partial charge in [0.05, 0.1) is 18.2 Å². The molecule has 0 aliphatic carbocycles. The van der Waals surface area contributed by atoms with Crippen LogP contribution in [0.5, 0.6) is 0 Å². The number of piperidine rings is 2. The molecule has 0 bridgehead atoms. The van der Waals surface area contributed by atoms with Crippen LogP contribution in [0.1, 0.15) is 38.5 Å². The lowest BCUT2D eigenvalue weighted by Crippen LogP contribution is -2.64. The zero-order valence-electron chi connectivity index (χ0n) is 16.5. The lowest BCUT2D eigenvalue weighted by molar-refractivity contribution is -0.136. The smallest absolute Gasteiger partial charge is 0.251 e. The largest absolute Gasteiger partial charge is 0.368 e. The summed E-state index contributed by atoms with van der Waals surface area (Å²) in [5.41, 5.74) is 5.43. The van der Waals surface area contributed by atoms with Crippen LogP contribution in [0.25, 0.3) is 0 Å². The van der Waals surface area contributed by atoms with Crippen LogP contribution in [0.2, 0.25) is 0 Å². The van der Waals surface area contributed by atoms with Crippen molar-refractivity contribution in [2.45, 2.75) is 50.1 Å². The molecule has 2 N–H and O–H groups in total. The number of likely N-dealkylation sites (tertiary alicyclic amines) is 2. The lowest BCUT2D eigenvalue weighted by atomic mass is 9.83. The number of hydrogen-bond donors (Lipinski definition) is 1. The van der Waals surface area contributed by atoms with Gasteiger partial charge in [0, 0.05) is 13.1 Å². The van der Waals surface area contributed by atoms with Gasteiger partial charge in [-0.25, -0.2) is 9.29 Å². The van der Waals surface area contributed by atoms with Crippen LogP contribution in [-0.2, 0) is 14.4 Å². The fourth-order valence-electron chi connectivity index (χ4n) is 5.03. The van der Waals surface area contributed by atoms with E-state index < -0.39 is 17.4 Å². The van der Waals surface area contributed by atoms with Gasteiger partial charge in [-0.15, -0.1) is 0 Å². The van der Waals surface area contributed by atoms with Gasteiger partial charge in [0.1, 0.15) is 11.4 Å². The van der Waals surface area contributed by atoms with E-state index in [0.717, 1.165) is 30.8 Å². The normalized spacial score (nSPS) is 26.1. The van der Waals surface area contributed by atoms with E-state index in [2.05, 4.69) is 4.90 Å². The van der Waals surface area contributed by atoms with E-state index in [0.29, 0.717) is 25.9 Å². The van der Waals surface area contributed by atoms with Crippen LogP contribution in [0, 0.1) is 5.82 Å². The number of carbonyl (C=O) groups excluding carboxylic acids is 3. The van der Waals surface area contributed by atoms with Crippen molar-refractivity contribution in [3.8, 4) is 0 Å². The Bertz CT molecular complexity index is 816. The maximum Gasteiger partial charge on any atom is 0.251 e. The molecule has 0 aromatic heterocycles. The van der Waals surface area contributed by atoms with Crippen molar-refractivity contribution in [3.63, 3.8) is 0 Å². The number of primary amides is 1. The van der Waals surface area contributed by atoms with Crippen LogP contribution < -0.4 is 10.6 Å². The van der Waals surface area contributed by atoms with E-state index in [9.17, 15) is 18.8 Å². The van der Waals surface area contributed by atoms with Crippen LogP contribution >= 0.6 is 0 Å². The highest BCUT2D eigenvalue weighted by atomic mass is 19.1. The maximum atomic E-state index is 13.6. The van der Waals surface area contributed by atoms with E-state index in [1.807, 2.05) is 4.90 Å². The van der Waals surface area contributed by atoms with Crippen molar-refractivity contribution < 1.29 is 18.8 Å². The molecule has 1 unspecified atom stereocenters. The Morgan fingerprint density at radius 3 is 2.38 bits per heavy atom. The molecule has 0 radical (unpaired) electrons. The number of hydrogen-bond acceptors (Lipinski definition) is 5. The SMILES string of the molecule is NC(=O)C1(N2CCCCC2)CCN(C2CC(=O)N(c3cccc(F)c3)C2=O)CC1. The number of nitrogens with two attached hydrogens (primary N) is 1. The Labute approximate surface area is 169 Å². The number of amides is 3. The molecule has 4 rings (SSSR count). The Morgan fingerprint density at radius 1 is 1.07 bits per heavy atom. The number of nitrogens with zero attached hydrogens (tertiary/aromatic N) is 3. The number of imide groups is 1. The topological polar surface area (TPSA) is 87.0 Å². The highest BCUT2D eigenvalue weighted by Gasteiger charge is 2.49. The summed E-state index contributed by atoms with van der Waals surface area (Å²) in [4.78, 5) is 43.1. The number of rotatable bonds is 4. The molecule has 1 atom stereocenters. The molecular formula is C21H27FN4O3. The average Bonchev–Trinajstić information content (AvgIpc) is 3.02. The highest BCUT2D eigenvalue weighted by molar-refractivity contribution is 6.22. The molecule has 3 aliphatic heterocycles. The molecular weight excluding hydrogens is 375 g/mol. The predicted molar refractivity (Wildman–Crippen MR) is 105 cm³/mol. The average molecular weight is 402 g/mol. The summed E-state index contributed by atoms with van der Waals surface area (Å²) in [6, 6.07) is 4.95. The summed E-state index contributed by atoms with van der Waals surface area (Å²) in [6.07, 6.45) is 4.49. The standard InChI is InChI=1S/C21H27FN4O3/c22-15-5-4-6-16(13-15)26-18(27)14-17(19(26)28)24-11-7-21(8-12-24,20(23)29)25-9-2-1-3-10-25/h4-6,13,17H,1-3,7-12,14H2,(H2,23,29). The Morgan fingerprint density at radius 2 is 1.76 bits per heavy atom. The van der Waals surface area contributed by atoms with Gasteiger partial charge in [0.15, 0.2) is 0 Å². The molecule has 3 fully saturated rings. The first-order valence-electron chi connectivity index (χ1n) is 10.3. The maximum absolute atomic E-state index is 13.6. The molecule has 8 heteroatoms. The van der Waals surface area contributed by atoms with Gasteiger partial charge in [0.25, 0.3) is 5.91 Å². The Hall–Kier alpha value is -2.32. The number of anilines is 1. The van der Waals surface area contributed by atoms with Crippen molar-refractivity contribution in [2.75, 3.05) is 31.1 Å². The van der Waals surface area contributed by atoms with E-state index >= 15 is 0 Å². The Kier molecular flexibility index (Phi) is 5.40. The molecule has 0 saturated carbocycles. The van der Waals surface area contributed by atoms with Crippen molar-refractivity contribution in [1.29, 1.82) is 0 Å². The van der Waals surface area contributed by atoms with E-state index in [1.165, 1.54) is 24.6 Å². The second kappa shape index (κ2) is 7.84. The third-order valence-electron chi connectivity index (χ3n) is 6.68. The monoisotopic (exact) mass is 402 g/mol. The molecule has 29 heavy (non-hydrogen) atoms. The molecule has 3 amide bonds. The molecule has 0 spiro atoms. The quantitative estimate of drug-likeness (QED) is 0.767. The molecule has 3 aliphatic rings. The number of halogens is 1. The molecule has 156 valence electrons. The fourth-order valence-corrected chi connectivity index (χ4v) is 5.03. The summed E-state index contributed by atoms with van der Waals surface area (Å²) in [5, 5.41) is 0. The summed E-state index contributed by atoms with van der Waals surface area (Å²) < 4.78 is 13.6. The zero-order chi connectivity index (χ0) is 20.6. The predicted octanol–water partition coefficient (Wildman–Crippen LogP) is 1.26. The lowest BCUT2D eigenvalue weighted by Gasteiger charge is -2.48. The van der Waals surface area contributed by atoms with Gasteiger partial charge in [-0.2, -0.15) is 0 Å². The van der Waals surface area contributed by atoms with Crippen LogP contribution in [0.4, 0.5) is 10.1 Å². The molecule has 3 heterocycles. The van der Waals surface area contributed by atoms with Gasteiger partial charge in [-0.05, 0) is 57.0 Å². The van der Waals surface area contributed by atoms with Gasteiger partial charge in [0.2, 0.25) is 11.8 Å². The third-order valence-corrected chi connectivity index (χ3v) is 6.68. The molecule has 7 nitrogen and oxygen atoms in total. The van der Waals surface area contributed by atoms with E-state index in [1.54, 1.807) is 6.07 Å². The minimum atomic E-state index is -0.662. The Balaban J connectivity index is 1.47. The van der Waals surface area contributed by atoms with Crippen molar-refractivity contribution in [1.82, 2.24) is 9.80 Å². The molecule has 3 saturated heterocycles. The van der Waals surface area contributed by atoms with Crippen molar-refractivity contribution >= 4 is 23.4 Å². The fraction of sp³-hybridized carbons (Fsp3) is 0.571. The van der Waals surface area contributed by atoms with Gasteiger partial charge >= 0.3 is 0 Å². The summed E-state index contributed by atoms with van der Waals surface area (Å²) in [5.74, 6) is -1.44. The molecule has 1 aromatic rings. The first kappa shape index (κ1) is 20.0. The minimum Gasteiger partial charge on any atom is -0.368 e. The van der Waals surface area contributed by atoms with Gasteiger partial charge in [-0.1, -0.05) is 12.5 Å². The second-order valence-electron chi connectivity index (χ2n) is 8.25. The second-order valence-corrected chi connectivity index (χ2v) is 8.25. The van der Waals surface area contributed by atoms with Gasteiger partial charge < -0.3 is 5.73 Å². The van der Waals surface area contributed by atoms with E-state index in [-0.39, 0.29) is 29.8 Å². The minimum absolute atomic E-state index is 0.0721. The number of benzene rings is 1. The van der Waals surface area contributed by atoms with Crippen LogP contribution in [-0.4, -0.2) is 65.3 Å². The van der Waals surface area contributed by atoms with E-state index in [4.69, 9.17) is 5.73 Å². The van der Waals surface area contributed by atoms with Crippen LogP contribution in [0.3, 0.4) is 0 Å². The van der Waals surface area contributed by atoms with Gasteiger partial charge in [-0.3, -0.25) is 24.2 Å². The first-order chi connectivity index (χ1) is 13.9. The van der Waals surface area contributed by atoms with Crippen LogP contribution in [0.15, 0.2) is 24.3 Å². The third kappa shape index (κ3) is 3.55. The summed E-state index contributed by atoms with van der Waals surface area (Å²) in [6.45, 7) is 2.80. The highest BCUT2D eigenvalue weighted by Crippen LogP contribution is 2.34. The molecule has 1 aromatic carbocycles. The zero-order valence-corrected chi connectivity index (χ0v) is 16.5. The summed E-state index contributed by atoms with van der Waals surface area (Å²) >= 11 is 0. The number of carbonyl (C=O) groups is 3. The summed E-state index contributed by atoms with van der Waals surface area (Å²) in [7, 11) is 0.